The molecule has 0 spiro atoms. The van der Waals surface area contributed by atoms with E-state index in [1.807, 2.05) is 0 Å². The number of aliphatic hydroxyl groups is 1. The van der Waals surface area contributed by atoms with E-state index < -0.39 is 11.6 Å². The van der Waals surface area contributed by atoms with Crippen molar-refractivity contribution in [2.24, 2.45) is 5.41 Å². The number of ether oxygens (including phenoxy) is 1. The van der Waals surface area contributed by atoms with Gasteiger partial charge in [0.05, 0.1) is 0 Å². The average molecular weight is 242 g/mol. The topological polar surface area (TPSA) is 29.5 Å². The number of benzene rings is 1. The monoisotopic (exact) mass is 242 g/mol. The van der Waals surface area contributed by atoms with Crippen molar-refractivity contribution < 1.29 is 18.6 Å². The molecular weight excluding hydrogens is 226 g/mol. The molecule has 0 aliphatic carbocycles. The maximum atomic E-state index is 13.1. The molecule has 1 aliphatic heterocycles. The van der Waals surface area contributed by atoms with Gasteiger partial charge >= 0.3 is 0 Å². The van der Waals surface area contributed by atoms with Gasteiger partial charge in [-0.3, -0.25) is 0 Å². The number of hydrogen-bond donors (Lipinski definition) is 1. The Morgan fingerprint density at radius 1 is 1.12 bits per heavy atom. The quantitative estimate of drug-likeness (QED) is 0.881. The summed E-state index contributed by atoms with van der Waals surface area (Å²) in [6.45, 7) is 1.21. The minimum Gasteiger partial charge on any atom is -0.396 e. The maximum Gasteiger partial charge on any atom is 0.126 e. The molecule has 0 saturated carbocycles. The summed E-state index contributed by atoms with van der Waals surface area (Å²) in [5.41, 5.74) is 0.303. The van der Waals surface area contributed by atoms with Crippen LogP contribution in [-0.2, 0) is 11.2 Å². The molecule has 0 unspecified atom stereocenters. The normalized spacial score (nSPS) is 19.2. The highest BCUT2D eigenvalue weighted by atomic mass is 19.1. The fraction of sp³-hybridized carbons (Fsp3) is 0.538. The third-order valence-electron chi connectivity index (χ3n) is 3.39. The molecule has 1 N–H and O–H groups in total. The SMILES string of the molecule is OCC1(Cc2cc(F)cc(F)c2)CCOCC1. The number of halogens is 2. The number of rotatable bonds is 3. The van der Waals surface area contributed by atoms with Crippen molar-refractivity contribution in [3.63, 3.8) is 0 Å². The van der Waals surface area contributed by atoms with Gasteiger partial charge in [-0.05, 0) is 37.0 Å². The van der Waals surface area contributed by atoms with Crippen LogP contribution in [0.4, 0.5) is 8.78 Å². The van der Waals surface area contributed by atoms with E-state index in [-0.39, 0.29) is 12.0 Å². The summed E-state index contributed by atoms with van der Waals surface area (Å²) >= 11 is 0. The van der Waals surface area contributed by atoms with Gasteiger partial charge in [0.1, 0.15) is 11.6 Å². The highest BCUT2D eigenvalue weighted by Gasteiger charge is 2.32. The lowest BCUT2D eigenvalue weighted by Gasteiger charge is -2.35. The van der Waals surface area contributed by atoms with Gasteiger partial charge in [0.2, 0.25) is 0 Å². The summed E-state index contributed by atoms with van der Waals surface area (Å²) < 4.78 is 31.4. The van der Waals surface area contributed by atoms with Crippen molar-refractivity contribution in [2.45, 2.75) is 19.3 Å². The lowest BCUT2D eigenvalue weighted by molar-refractivity contribution is -0.0158. The molecule has 1 aliphatic rings. The molecule has 17 heavy (non-hydrogen) atoms. The van der Waals surface area contributed by atoms with Crippen LogP contribution in [-0.4, -0.2) is 24.9 Å². The van der Waals surface area contributed by atoms with Crippen molar-refractivity contribution in [3.8, 4) is 0 Å². The van der Waals surface area contributed by atoms with E-state index in [9.17, 15) is 13.9 Å². The lowest BCUT2D eigenvalue weighted by atomic mass is 9.76. The fourth-order valence-electron chi connectivity index (χ4n) is 2.34. The maximum absolute atomic E-state index is 13.1. The van der Waals surface area contributed by atoms with Crippen molar-refractivity contribution in [2.75, 3.05) is 19.8 Å². The molecule has 4 heteroatoms. The van der Waals surface area contributed by atoms with E-state index >= 15 is 0 Å². The summed E-state index contributed by atoms with van der Waals surface area (Å²) in [4.78, 5) is 0. The van der Waals surface area contributed by atoms with Gasteiger partial charge in [-0.2, -0.15) is 0 Å². The predicted molar refractivity (Wildman–Crippen MR) is 59.6 cm³/mol. The lowest BCUT2D eigenvalue weighted by Crippen LogP contribution is -2.35. The summed E-state index contributed by atoms with van der Waals surface area (Å²) in [6, 6.07) is 3.52. The summed E-state index contributed by atoms with van der Waals surface area (Å²) in [7, 11) is 0. The predicted octanol–water partition coefficient (Wildman–Crippen LogP) is 2.30. The molecule has 0 atom stereocenters. The Hall–Kier alpha value is -1.00. The first kappa shape index (κ1) is 12.5. The Morgan fingerprint density at radius 3 is 2.24 bits per heavy atom. The molecule has 94 valence electrons. The van der Waals surface area contributed by atoms with E-state index in [0.29, 0.717) is 25.2 Å². The smallest absolute Gasteiger partial charge is 0.126 e. The third-order valence-corrected chi connectivity index (χ3v) is 3.39. The van der Waals surface area contributed by atoms with Crippen LogP contribution in [0.5, 0.6) is 0 Å². The van der Waals surface area contributed by atoms with Crippen LogP contribution >= 0.6 is 0 Å². The van der Waals surface area contributed by atoms with E-state index in [1.54, 1.807) is 0 Å². The van der Waals surface area contributed by atoms with Crippen molar-refractivity contribution in [1.82, 2.24) is 0 Å². The molecule has 0 bridgehead atoms. The molecule has 1 saturated heterocycles. The van der Waals surface area contributed by atoms with Gasteiger partial charge in [-0.25, -0.2) is 8.78 Å². The third kappa shape index (κ3) is 3.01. The molecule has 0 aromatic heterocycles. The van der Waals surface area contributed by atoms with Crippen LogP contribution in [0.3, 0.4) is 0 Å². The van der Waals surface area contributed by atoms with Gasteiger partial charge < -0.3 is 9.84 Å². The molecule has 1 aromatic carbocycles. The first-order chi connectivity index (χ1) is 8.13. The minimum atomic E-state index is -0.569. The number of hydrogen-bond acceptors (Lipinski definition) is 2. The van der Waals surface area contributed by atoms with E-state index in [1.165, 1.54) is 12.1 Å². The Morgan fingerprint density at radius 2 is 1.71 bits per heavy atom. The Balaban J connectivity index is 2.17. The highest BCUT2D eigenvalue weighted by molar-refractivity contribution is 5.19. The van der Waals surface area contributed by atoms with Crippen molar-refractivity contribution in [1.29, 1.82) is 0 Å². The van der Waals surface area contributed by atoms with Crippen LogP contribution in [0.15, 0.2) is 18.2 Å². The molecule has 0 amide bonds. The second kappa shape index (κ2) is 5.10. The van der Waals surface area contributed by atoms with Gasteiger partial charge in [0.25, 0.3) is 0 Å². The van der Waals surface area contributed by atoms with Crippen molar-refractivity contribution in [3.05, 3.63) is 35.4 Å². The Bertz CT molecular complexity index is 367. The highest BCUT2D eigenvalue weighted by Crippen LogP contribution is 2.34. The molecule has 2 nitrogen and oxygen atoms in total. The standard InChI is InChI=1S/C13H16F2O2/c14-11-5-10(6-12(15)7-11)8-13(9-16)1-3-17-4-2-13/h5-7,16H,1-4,8-9H2. The van der Waals surface area contributed by atoms with Crippen LogP contribution in [0, 0.1) is 17.0 Å². The first-order valence-electron chi connectivity index (χ1n) is 5.77. The fourth-order valence-corrected chi connectivity index (χ4v) is 2.34. The van der Waals surface area contributed by atoms with E-state index in [2.05, 4.69) is 0 Å². The molecule has 1 aromatic rings. The van der Waals surface area contributed by atoms with Gasteiger partial charge in [-0.1, -0.05) is 0 Å². The Labute approximate surface area is 99.2 Å². The molecule has 0 radical (unpaired) electrons. The van der Waals surface area contributed by atoms with Crippen LogP contribution in [0.1, 0.15) is 18.4 Å². The van der Waals surface area contributed by atoms with Gasteiger partial charge in [-0.15, -0.1) is 0 Å². The molecular formula is C13H16F2O2. The van der Waals surface area contributed by atoms with Crippen LogP contribution in [0.25, 0.3) is 0 Å². The second-order valence-electron chi connectivity index (χ2n) is 4.72. The first-order valence-corrected chi connectivity index (χ1v) is 5.77. The summed E-state index contributed by atoms with van der Waals surface area (Å²) in [6.07, 6.45) is 1.94. The summed E-state index contributed by atoms with van der Waals surface area (Å²) in [5, 5.41) is 9.50. The van der Waals surface area contributed by atoms with Crippen LogP contribution in [0.2, 0.25) is 0 Å². The Kier molecular flexibility index (Phi) is 3.74. The zero-order chi connectivity index (χ0) is 12.3. The average Bonchev–Trinajstić information content (AvgIpc) is 2.29. The number of aliphatic hydroxyl groups excluding tert-OH is 1. The largest absolute Gasteiger partial charge is 0.396 e. The zero-order valence-electron chi connectivity index (χ0n) is 9.59. The van der Waals surface area contributed by atoms with E-state index in [4.69, 9.17) is 4.74 Å². The molecule has 1 fully saturated rings. The minimum absolute atomic E-state index is 0.0223. The molecule has 2 rings (SSSR count). The van der Waals surface area contributed by atoms with Gasteiger partial charge in [0.15, 0.2) is 0 Å². The van der Waals surface area contributed by atoms with Crippen LogP contribution < -0.4 is 0 Å². The van der Waals surface area contributed by atoms with E-state index in [0.717, 1.165) is 18.9 Å². The zero-order valence-corrected chi connectivity index (χ0v) is 9.59. The molecule has 1 heterocycles. The van der Waals surface area contributed by atoms with Gasteiger partial charge in [0, 0.05) is 31.3 Å². The second-order valence-corrected chi connectivity index (χ2v) is 4.72. The van der Waals surface area contributed by atoms with Crippen molar-refractivity contribution >= 4 is 0 Å². The summed E-state index contributed by atoms with van der Waals surface area (Å²) in [5.74, 6) is -1.14.